The van der Waals surface area contributed by atoms with Crippen molar-refractivity contribution < 1.29 is 43.1 Å². The number of carbonyl (C=O) groups excluding carboxylic acids is 4. The number of carboxylic acid groups (broad SMARTS) is 1. The van der Waals surface area contributed by atoms with Crippen molar-refractivity contribution in [2.24, 2.45) is 17.8 Å². The Morgan fingerprint density at radius 1 is 0.894 bits per heavy atom. The molecule has 0 aliphatic rings. The molecule has 7 atom stereocenters. The van der Waals surface area contributed by atoms with Gasteiger partial charge in [-0.25, -0.2) is 0 Å². The number of para-hydroxylation sites is 1. The topological polar surface area (TPSA) is 216 Å². The molecule has 0 aliphatic heterocycles. The molecule has 15 heteroatoms. The van der Waals surface area contributed by atoms with Crippen LogP contribution in [0.2, 0.25) is 0 Å². The molecule has 4 amide bonds. The lowest BCUT2D eigenvalue weighted by molar-refractivity contribution is -0.137. The van der Waals surface area contributed by atoms with Gasteiger partial charge in [0.25, 0.3) is 0 Å². The average molecular weight is 680 g/mol. The Morgan fingerprint density at radius 2 is 1.47 bits per heavy atom. The van der Waals surface area contributed by atoms with Gasteiger partial charge in [0.1, 0.15) is 24.0 Å². The van der Waals surface area contributed by atoms with Crippen LogP contribution in [0.15, 0.2) is 30.5 Å². The first-order chi connectivity index (χ1) is 22.0. The minimum absolute atomic E-state index is 0.169. The standard InChI is InChI=1S/C32H50N5O9P/c1-8-19(5)27(35-21(7)38)31(42)37-28(20(6)9-2)30(41)36-25(16-22-17-34-24-13-11-10-12-23(22)24)47(44,45)46-29(18(3)4)32(43)33-15-14-26(39)40/h10-13,17-20,25,27-29,34H,8-9,14-16H2,1-7H3,(H,33,43)(H,35,38)(H,36,41)(H,37,42)(H,39,40)(H,44,45)/t19?,20?,25?,27-,28-,29?/m0/s1. The number of carboxylic acids is 1. The highest BCUT2D eigenvalue weighted by Gasteiger charge is 2.42. The molecule has 0 spiro atoms. The predicted octanol–water partition coefficient (Wildman–Crippen LogP) is 3.05. The van der Waals surface area contributed by atoms with Gasteiger partial charge < -0.3 is 36.3 Å². The fraction of sp³-hybridized carbons (Fsp3) is 0.594. The van der Waals surface area contributed by atoms with E-state index in [1.807, 2.05) is 32.0 Å². The fourth-order valence-corrected chi connectivity index (χ4v) is 6.51. The number of benzene rings is 1. The molecule has 262 valence electrons. The second kappa shape index (κ2) is 18.0. The average Bonchev–Trinajstić information content (AvgIpc) is 3.42. The van der Waals surface area contributed by atoms with Gasteiger partial charge >= 0.3 is 13.6 Å². The molecule has 0 saturated carbocycles. The van der Waals surface area contributed by atoms with Crippen molar-refractivity contribution in [1.82, 2.24) is 26.3 Å². The van der Waals surface area contributed by atoms with Gasteiger partial charge in [-0.15, -0.1) is 0 Å². The molecule has 1 aromatic carbocycles. The first kappa shape index (κ1) is 39.4. The van der Waals surface area contributed by atoms with Crippen LogP contribution in [-0.2, 0) is 39.5 Å². The van der Waals surface area contributed by atoms with Gasteiger partial charge in [-0.1, -0.05) is 72.6 Å². The van der Waals surface area contributed by atoms with Crippen LogP contribution in [0.4, 0.5) is 0 Å². The van der Waals surface area contributed by atoms with Crippen LogP contribution >= 0.6 is 7.60 Å². The number of aromatic amines is 1. The SMILES string of the molecule is CCC(C)[C@H](NC(C)=O)C(=O)N[C@H](C(=O)NC(Cc1c[nH]c2ccccc12)P(=O)(O)OC(C(=O)NCCC(=O)O)C(C)C)C(C)CC. The molecule has 1 heterocycles. The summed E-state index contributed by atoms with van der Waals surface area (Å²) in [5.74, 6) is -6.41. The number of carbonyl (C=O) groups is 5. The van der Waals surface area contributed by atoms with Crippen LogP contribution in [0.3, 0.4) is 0 Å². The lowest BCUT2D eigenvalue weighted by Crippen LogP contribution is -2.58. The molecule has 47 heavy (non-hydrogen) atoms. The number of H-pyrrole nitrogens is 1. The first-order valence-corrected chi connectivity index (χ1v) is 17.6. The molecular formula is C32H50N5O9P. The van der Waals surface area contributed by atoms with E-state index < -0.39 is 73.0 Å². The summed E-state index contributed by atoms with van der Waals surface area (Å²) >= 11 is 0. The fourth-order valence-electron chi connectivity index (χ4n) is 4.98. The van der Waals surface area contributed by atoms with Crippen LogP contribution in [-0.4, -0.2) is 75.1 Å². The molecule has 14 nitrogen and oxygen atoms in total. The lowest BCUT2D eigenvalue weighted by atomic mass is 9.95. The largest absolute Gasteiger partial charge is 0.481 e. The van der Waals surface area contributed by atoms with Crippen molar-refractivity contribution in [3.63, 3.8) is 0 Å². The van der Waals surface area contributed by atoms with Gasteiger partial charge in [-0.3, -0.25) is 33.1 Å². The van der Waals surface area contributed by atoms with E-state index in [2.05, 4.69) is 26.3 Å². The molecule has 2 rings (SSSR count). The smallest absolute Gasteiger partial charge is 0.351 e. The van der Waals surface area contributed by atoms with Crippen molar-refractivity contribution in [2.75, 3.05) is 6.54 Å². The zero-order valence-corrected chi connectivity index (χ0v) is 29.1. The molecule has 0 aliphatic carbocycles. The highest BCUT2D eigenvalue weighted by Crippen LogP contribution is 2.50. The Bertz CT molecular complexity index is 1440. The van der Waals surface area contributed by atoms with E-state index in [0.29, 0.717) is 18.4 Å². The summed E-state index contributed by atoms with van der Waals surface area (Å²) in [6.07, 6.45) is 0.740. The number of aliphatic carboxylic acids is 1. The summed E-state index contributed by atoms with van der Waals surface area (Å²) in [5.41, 5.74) is 1.36. The minimum Gasteiger partial charge on any atom is -0.481 e. The summed E-state index contributed by atoms with van der Waals surface area (Å²) < 4.78 is 19.7. The maximum Gasteiger partial charge on any atom is 0.351 e. The summed E-state index contributed by atoms with van der Waals surface area (Å²) in [4.78, 5) is 77.6. The molecule has 2 aromatic rings. The molecule has 0 fully saturated rings. The Hall–Kier alpha value is -3.74. The number of hydrogen-bond acceptors (Lipinski definition) is 7. The Morgan fingerprint density at radius 3 is 2.02 bits per heavy atom. The zero-order valence-electron chi connectivity index (χ0n) is 28.2. The van der Waals surface area contributed by atoms with Crippen LogP contribution in [0.25, 0.3) is 10.9 Å². The van der Waals surface area contributed by atoms with Crippen LogP contribution in [0, 0.1) is 17.8 Å². The monoisotopic (exact) mass is 679 g/mol. The second-order valence-electron chi connectivity index (χ2n) is 12.3. The van der Waals surface area contributed by atoms with Gasteiger partial charge in [0.15, 0.2) is 0 Å². The first-order valence-electron chi connectivity index (χ1n) is 15.9. The highest BCUT2D eigenvalue weighted by atomic mass is 31.2. The summed E-state index contributed by atoms with van der Waals surface area (Å²) in [6, 6.07) is 5.22. The van der Waals surface area contributed by atoms with E-state index >= 15 is 0 Å². The lowest BCUT2D eigenvalue weighted by Gasteiger charge is -2.32. The third kappa shape index (κ3) is 11.5. The van der Waals surface area contributed by atoms with Gasteiger partial charge in [-0.2, -0.15) is 0 Å². The van der Waals surface area contributed by atoms with Crippen molar-refractivity contribution in [3.05, 3.63) is 36.0 Å². The number of fused-ring (bicyclic) bond motifs is 1. The molecular weight excluding hydrogens is 629 g/mol. The number of aromatic nitrogens is 1. The Kier molecular flexibility index (Phi) is 15.1. The van der Waals surface area contributed by atoms with Crippen LogP contribution < -0.4 is 21.3 Å². The number of nitrogens with one attached hydrogen (secondary N) is 5. The normalized spacial score (nSPS) is 16.6. The number of hydrogen-bond donors (Lipinski definition) is 7. The molecule has 0 saturated heterocycles. The van der Waals surface area contributed by atoms with E-state index in [1.165, 1.54) is 6.92 Å². The summed E-state index contributed by atoms with van der Waals surface area (Å²) in [7, 11) is -4.85. The summed E-state index contributed by atoms with van der Waals surface area (Å²) in [5, 5.41) is 20.1. The van der Waals surface area contributed by atoms with E-state index in [4.69, 9.17) is 9.63 Å². The van der Waals surface area contributed by atoms with Gasteiger partial charge in [0.05, 0.1) is 6.42 Å². The van der Waals surface area contributed by atoms with Gasteiger partial charge in [0.2, 0.25) is 23.6 Å². The quantitative estimate of drug-likeness (QED) is 0.108. The predicted molar refractivity (Wildman–Crippen MR) is 177 cm³/mol. The third-order valence-corrected chi connectivity index (χ3v) is 9.83. The maximum atomic E-state index is 14.1. The van der Waals surface area contributed by atoms with Crippen LogP contribution in [0.1, 0.15) is 73.3 Å². The van der Waals surface area contributed by atoms with E-state index in [-0.39, 0.29) is 25.3 Å². The van der Waals surface area contributed by atoms with Crippen molar-refractivity contribution in [3.8, 4) is 0 Å². The number of rotatable bonds is 19. The summed E-state index contributed by atoms with van der Waals surface area (Å²) in [6.45, 7) is 11.6. The Balaban J connectivity index is 2.47. The molecule has 0 radical (unpaired) electrons. The van der Waals surface area contributed by atoms with E-state index in [1.54, 1.807) is 40.0 Å². The maximum absolute atomic E-state index is 14.1. The van der Waals surface area contributed by atoms with Crippen LogP contribution in [0.5, 0.6) is 0 Å². The molecule has 1 aromatic heterocycles. The van der Waals surface area contributed by atoms with Crippen molar-refractivity contribution >= 4 is 48.1 Å². The van der Waals surface area contributed by atoms with Crippen molar-refractivity contribution in [2.45, 2.75) is 98.1 Å². The second-order valence-corrected chi connectivity index (χ2v) is 14.3. The highest BCUT2D eigenvalue weighted by molar-refractivity contribution is 7.53. The molecule has 5 unspecified atom stereocenters. The number of amides is 4. The van der Waals surface area contributed by atoms with Crippen molar-refractivity contribution in [1.29, 1.82) is 0 Å². The minimum atomic E-state index is -4.85. The third-order valence-electron chi connectivity index (χ3n) is 8.20. The van der Waals surface area contributed by atoms with E-state index in [9.17, 15) is 33.4 Å². The molecule has 7 N–H and O–H groups in total. The Labute approximate surface area is 275 Å². The van der Waals surface area contributed by atoms with E-state index in [0.717, 1.165) is 10.9 Å². The van der Waals surface area contributed by atoms with Gasteiger partial charge in [-0.05, 0) is 29.4 Å². The zero-order chi connectivity index (χ0) is 35.5. The van der Waals surface area contributed by atoms with Gasteiger partial charge in [0, 0.05) is 37.0 Å². The molecule has 0 bridgehead atoms.